The highest BCUT2D eigenvalue weighted by Gasteiger charge is 2.32. The molecule has 5 nitrogen and oxygen atoms in total. The number of benzene rings is 2. The normalized spacial score (nSPS) is 13.2. The van der Waals surface area contributed by atoms with Gasteiger partial charge in [0.05, 0.1) is 0 Å². The van der Waals surface area contributed by atoms with E-state index in [9.17, 15) is 14.0 Å². The van der Waals surface area contributed by atoms with Gasteiger partial charge in [0.2, 0.25) is 0 Å². The predicted octanol–water partition coefficient (Wildman–Crippen LogP) is 4.80. The van der Waals surface area contributed by atoms with Gasteiger partial charge in [-0.15, -0.1) is 0 Å². The summed E-state index contributed by atoms with van der Waals surface area (Å²) in [5, 5.41) is 5.63. The first kappa shape index (κ1) is 20.8. The van der Waals surface area contributed by atoms with Crippen molar-refractivity contribution in [1.29, 1.82) is 0 Å². The minimum atomic E-state index is -0.344. The topological polar surface area (TPSA) is 61.4 Å². The molecule has 0 radical (unpaired) electrons. The summed E-state index contributed by atoms with van der Waals surface area (Å²) in [7, 11) is 0. The number of carbonyl (C=O) groups excluding carboxylic acids is 2. The average Bonchev–Trinajstić information content (AvgIpc) is 3.53. The van der Waals surface area contributed by atoms with E-state index in [1.165, 1.54) is 6.07 Å². The summed E-state index contributed by atoms with van der Waals surface area (Å²) in [5.74, 6) is -0.0857. The maximum Gasteiger partial charge on any atom is 0.322 e. The zero-order valence-corrected chi connectivity index (χ0v) is 17.0. The molecule has 1 saturated carbocycles. The molecule has 2 aromatic rings. The van der Waals surface area contributed by atoms with Crippen molar-refractivity contribution in [2.75, 3.05) is 11.9 Å². The number of hydrogen-bond donors (Lipinski definition) is 2. The number of hydrogen-bond acceptors (Lipinski definition) is 2. The maximum atomic E-state index is 13.6. The summed E-state index contributed by atoms with van der Waals surface area (Å²) in [5.41, 5.74) is 1.54. The summed E-state index contributed by atoms with van der Waals surface area (Å²) in [6, 6.07) is 13.3. The Morgan fingerprint density at radius 1 is 1.10 bits per heavy atom. The fourth-order valence-electron chi connectivity index (χ4n) is 3.05. The van der Waals surface area contributed by atoms with Crippen LogP contribution in [0.4, 0.5) is 14.9 Å². The number of nitrogens with one attached hydrogen (secondary N) is 2. The van der Waals surface area contributed by atoms with Gasteiger partial charge < -0.3 is 15.5 Å². The Bertz CT molecular complexity index is 847. The minimum absolute atomic E-state index is 0.0927. The van der Waals surface area contributed by atoms with Crippen molar-refractivity contribution in [3.05, 3.63) is 65.5 Å². The van der Waals surface area contributed by atoms with Crippen molar-refractivity contribution in [3.63, 3.8) is 0 Å². The van der Waals surface area contributed by atoms with Crippen LogP contribution in [0.5, 0.6) is 0 Å². The summed E-state index contributed by atoms with van der Waals surface area (Å²) in [6.07, 6.45) is 3.10. The van der Waals surface area contributed by atoms with E-state index >= 15 is 0 Å². The zero-order chi connectivity index (χ0) is 20.8. The van der Waals surface area contributed by atoms with Gasteiger partial charge in [0.1, 0.15) is 5.82 Å². The number of rotatable bonds is 8. The lowest BCUT2D eigenvalue weighted by atomic mass is 10.1. The lowest BCUT2D eigenvalue weighted by molar-refractivity contribution is 0.0950. The van der Waals surface area contributed by atoms with Crippen LogP contribution in [-0.4, -0.2) is 29.4 Å². The molecule has 3 rings (SSSR count). The highest BCUT2D eigenvalue weighted by Crippen LogP contribution is 2.28. The van der Waals surface area contributed by atoms with Gasteiger partial charge in [0.15, 0.2) is 0 Å². The van der Waals surface area contributed by atoms with Crippen molar-refractivity contribution < 1.29 is 14.0 Å². The summed E-state index contributed by atoms with van der Waals surface area (Å²) in [6.45, 7) is 5.18. The largest absolute Gasteiger partial charge is 0.348 e. The Hall–Kier alpha value is -2.89. The van der Waals surface area contributed by atoms with Gasteiger partial charge >= 0.3 is 6.03 Å². The molecule has 1 aliphatic rings. The van der Waals surface area contributed by atoms with Crippen molar-refractivity contribution >= 4 is 17.6 Å². The third kappa shape index (κ3) is 6.04. The minimum Gasteiger partial charge on any atom is -0.348 e. The number of amides is 3. The molecule has 0 bridgehead atoms. The van der Waals surface area contributed by atoms with Gasteiger partial charge in [-0.3, -0.25) is 4.79 Å². The standard InChI is InChI=1S/C23H28FN3O2/c1-16(2)13-14-27(20-11-12-20)23(29)26-19-9-7-17(8-10-19)22(28)25-15-18-5-3-4-6-21(18)24/h3-10,16,20H,11-15H2,1-2H3,(H,25,28)(H,26,29). The predicted molar refractivity (Wildman–Crippen MR) is 112 cm³/mol. The van der Waals surface area contributed by atoms with Gasteiger partial charge in [0.25, 0.3) is 5.91 Å². The number of carbonyl (C=O) groups is 2. The molecule has 0 aromatic heterocycles. The van der Waals surface area contributed by atoms with E-state index in [4.69, 9.17) is 0 Å². The van der Waals surface area contributed by atoms with E-state index in [-0.39, 0.29) is 24.3 Å². The molecule has 0 unspecified atom stereocenters. The monoisotopic (exact) mass is 397 g/mol. The molecule has 0 aliphatic heterocycles. The fourth-order valence-corrected chi connectivity index (χ4v) is 3.05. The third-order valence-corrected chi connectivity index (χ3v) is 4.99. The van der Waals surface area contributed by atoms with Crippen LogP contribution in [-0.2, 0) is 6.54 Å². The molecule has 1 fully saturated rings. The summed E-state index contributed by atoms with van der Waals surface area (Å²) < 4.78 is 13.6. The molecule has 154 valence electrons. The second kappa shape index (κ2) is 9.54. The first-order chi connectivity index (χ1) is 13.9. The molecular formula is C23H28FN3O2. The van der Waals surface area contributed by atoms with Gasteiger partial charge in [-0.2, -0.15) is 0 Å². The van der Waals surface area contributed by atoms with Gasteiger partial charge in [-0.05, 0) is 55.5 Å². The molecular weight excluding hydrogens is 369 g/mol. The lowest BCUT2D eigenvalue weighted by Gasteiger charge is -2.23. The molecule has 0 saturated heterocycles. The molecule has 6 heteroatoms. The number of urea groups is 1. The van der Waals surface area contributed by atoms with Crippen LogP contribution in [0.3, 0.4) is 0 Å². The molecule has 29 heavy (non-hydrogen) atoms. The van der Waals surface area contributed by atoms with Crippen molar-refractivity contribution in [2.45, 2.75) is 45.7 Å². The van der Waals surface area contributed by atoms with E-state index in [1.54, 1.807) is 42.5 Å². The Labute approximate surface area is 171 Å². The van der Waals surface area contributed by atoms with Crippen molar-refractivity contribution in [1.82, 2.24) is 10.2 Å². The van der Waals surface area contributed by atoms with Crippen LogP contribution in [0, 0.1) is 11.7 Å². The highest BCUT2D eigenvalue weighted by atomic mass is 19.1. The molecule has 0 heterocycles. The van der Waals surface area contributed by atoms with E-state index in [1.807, 2.05) is 4.90 Å². The Kier molecular flexibility index (Phi) is 6.86. The highest BCUT2D eigenvalue weighted by molar-refractivity contribution is 5.95. The second-order valence-electron chi connectivity index (χ2n) is 7.89. The molecule has 2 N–H and O–H groups in total. The summed E-state index contributed by atoms with van der Waals surface area (Å²) >= 11 is 0. The Balaban J connectivity index is 1.54. The van der Waals surface area contributed by atoms with Crippen molar-refractivity contribution in [2.24, 2.45) is 5.92 Å². The number of anilines is 1. The first-order valence-corrected chi connectivity index (χ1v) is 10.1. The van der Waals surface area contributed by atoms with Crippen LogP contribution >= 0.6 is 0 Å². The molecule has 2 aromatic carbocycles. The van der Waals surface area contributed by atoms with E-state index in [0.29, 0.717) is 28.8 Å². The van der Waals surface area contributed by atoms with Crippen LogP contribution in [0.1, 0.15) is 49.0 Å². The van der Waals surface area contributed by atoms with E-state index < -0.39 is 0 Å². The van der Waals surface area contributed by atoms with Crippen LogP contribution < -0.4 is 10.6 Å². The molecule has 1 aliphatic carbocycles. The quantitative estimate of drug-likeness (QED) is 0.672. The van der Waals surface area contributed by atoms with Gasteiger partial charge in [-0.25, -0.2) is 9.18 Å². The average molecular weight is 397 g/mol. The first-order valence-electron chi connectivity index (χ1n) is 10.1. The van der Waals surface area contributed by atoms with Crippen LogP contribution in [0.2, 0.25) is 0 Å². The Morgan fingerprint density at radius 3 is 2.41 bits per heavy atom. The lowest BCUT2D eigenvalue weighted by Crippen LogP contribution is -2.38. The van der Waals surface area contributed by atoms with E-state index in [0.717, 1.165) is 25.8 Å². The van der Waals surface area contributed by atoms with Gasteiger partial charge in [-0.1, -0.05) is 32.0 Å². The van der Waals surface area contributed by atoms with E-state index in [2.05, 4.69) is 24.5 Å². The van der Waals surface area contributed by atoms with Crippen molar-refractivity contribution in [3.8, 4) is 0 Å². The van der Waals surface area contributed by atoms with Gasteiger partial charge in [0, 0.05) is 35.9 Å². The fraction of sp³-hybridized carbons (Fsp3) is 0.391. The molecule has 0 spiro atoms. The van der Waals surface area contributed by atoms with Crippen LogP contribution in [0.25, 0.3) is 0 Å². The number of nitrogens with zero attached hydrogens (tertiary/aromatic N) is 1. The Morgan fingerprint density at radius 2 is 1.79 bits per heavy atom. The SMILES string of the molecule is CC(C)CCN(C(=O)Nc1ccc(C(=O)NCc2ccccc2F)cc1)C1CC1. The number of halogens is 1. The molecule has 0 atom stereocenters. The molecule has 3 amide bonds. The smallest absolute Gasteiger partial charge is 0.322 e. The maximum absolute atomic E-state index is 13.6. The second-order valence-corrected chi connectivity index (χ2v) is 7.89. The van der Waals surface area contributed by atoms with Crippen LogP contribution in [0.15, 0.2) is 48.5 Å². The summed E-state index contributed by atoms with van der Waals surface area (Å²) in [4.78, 5) is 26.8. The third-order valence-electron chi connectivity index (χ3n) is 4.99. The zero-order valence-electron chi connectivity index (χ0n) is 17.0.